The summed E-state index contributed by atoms with van der Waals surface area (Å²) in [4.78, 5) is 13.5. The molecule has 0 radical (unpaired) electrons. The van der Waals surface area contributed by atoms with E-state index in [0.29, 0.717) is 11.0 Å². The van der Waals surface area contributed by atoms with Gasteiger partial charge in [-0.1, -0.05) is 12.1 Å². The zero-order valence-electron chi connectivity index (χ0n) is 11.0. The molecule has 6 heteroatoms. The Morgan fingerprint density at radius 3 is 2.81 bits per heavy atom. The number of non-ortho nitro benzene ring substituents is 1. The lowest BCUT2D eigenvalue weighted by Crippen LogP contribution is -2.00. The maximum Gasteiger partial charge on any atom is 0.270 e. The lowest BCUT2D eigenvalue weighted by molar-refractivity contribution is -0.384. The molecular formula is C15H12BrN3O2. The van der Waals surface area contributed by atoms with Gasteiger partial charge in [-0.25, -0.2) is 0 Å². The molecule has 0 fully saturated rings. The maximum absolute atomic E-state index is 10.7. The number of aromatic nitrogens is 1. The number of fused-ring (bicyclic) bond motifs is 1. The van der Waals surface area contributed by atoms with Gasteiger partial charge < -0.3 is 10.3 Å². The van der Waals surface area contributed by atoms with Gasteiger partial charge >= 0.3 is 0 Å². The van der Waals surface area contributed by atoms with Crippen LogP contribution < -0.4 is 5.32 Å². The number of benzene rings is 2. The van der Waals surface area contributed by atoms with Crippen molar-refractivity contribution in [2.24, 2.45) is 0 Å². The van der Waals surface area contributed by atoms with Crippen molar-refractivity contribution in [1.82, 2.24) is 4.98 Å². The highest BCUT2D eigenvalue weighted by Gasteiger charge is 2.08. The van der Waals surface area contributed by atoms with Crippen molar-refractivity contribution in [3.63, 3.8) is 0 Å². The van der Waals surface area contributed by atoms with Gasteiger partial charge in [0, 0.05) is 40.6 Å². The molecular weight excluding hydrogens is 334 g/mol. The number of anilines is 1. The van der Waals surface area contributed by atoms with Gasteiger partial charge in [-0.15, -0.1) is 0 Å². The monoisotopic (exact) mass is 345 g/mol. The van der Waals surface area contributed by atoms with Crippen molar-refractivity contribution in [2.45, 2.75) is 6.54 Å². The predicted octanol–water partition coefficient (Wildman–Crippen LogP) is 4.45. The van der Waals surface area contributed by atoms with Crippen LogP contribution >= 0.6 is 15.9 Å². The van der Waals surface area contributed by atoms with E-state index in [1.165, 1.54) is 17.5 Å². The fourth-order valence-corrected chi connectivity index (χ4v) is 2.67. The lowest BCUT2D eigenvalue weighted by Gasteiger charge is -2.08. The van der Waals surface area contributed by atoms with E-state index in [1.54, 1.807) is 6.07 Å². The molecule has 0 aliphatic rings. The molecule has 0 amide bonds. The Labute approximate surface area is 129 Å². The van der Waals surface area contributed by atoms with E-state index in [-0.39, 0.29) is 5.69 Å². The number of nitrogens with one attached hydrogen (secondary N) is 2. The predicted molar refractivity (Wildman–Crippen MR) is 86.4 cm³/mol. The number of halogens is 1. The molecule has 106 valence electrons. The van der Waals surface area contributed by atoms with Crippen LogP contribution in [0.5, 0.6) is 0 Å². The summed E-state index contributed by atoms with van der Waals surface area (Å²) >= 11 is 3.35. The average Bonchev–Trinajstić information content (AvgIpc) is 2.93. The van der Waals surface area contributed by atoms with Gasteiger partial charge in [-0.3, -0.25) is 10.1 Å². The summed E-state index contributed by atoms with van der Waals surface area (Å²) in [6.45, 7) is 0.644. The second-order valence-electron chi connectivity index (χ2n) is 4.67. The van der Waals surface area contributed by atoms with E-state index in [9.17, 15) is 10.1 Å². The zero-order chi connectivity index (χ0) is 14.8. The third-order valence-electron chi connectivity index (χ3n) is 3.27. The Hall–Kier alpha value is -2.34. The summed E-state index contributed by atoms with van der Waals surface area (Å²) in [7, 11) is 0. The normalized spacial score (nSPS) is 10.7. The molecule has 0 unspecified atom stereocenters. The molecule has 3 aromatic rings. The number of hydrogen-bond acceptors (Lipinski definition) is 3. The van der Waals surface area contributed by atoms with Crippen LogP contribution in [0.15, 0.2) is 53.1 Å². The summed E-state index contributed by atoms with van der Waals surface area (Å²) in [5.74, 6) is 0. The second-order valence-corrected chi connectivity index (χ2v) is 5.53. The Morgan fingerprint density at radius 1 is 1.19 bits per heavy atom. The number of rotatable bonds is 4. The lowest BCUT2D eigenvalue weighted by atomic mass is 10.1. The minimum absolute atomic E-state index is 0.0697. The van der Waals surface area contributed by atoms with Crippen molar-refractivity contribution in [1.29, 1.82) is 0 Å². The second kappa shape index (κ2) is 5.57. The van der Waals surface area contributed by atoms with E-state index in [2.05, 4.69) is 44.4 Å². The third-order valence-corrected chi connectivity index (χ3v) is 3.92. The van der Waals surface area contributed by atoms with Crippen LogP contribution in [0.3, 0.4) is 0 Å². The van der Waals surface area contributed by atoms with Crippen LogP contribution in [0.1, 0.15) is 5.56 Å². The average molecular weight is 346 g/mol. The maximum atomic E-state index is 10.7. The molecule has 0 aliphatic heterocycles. The highest BCUT2D eigenvalue weighted by molar-refractivity contribution is 9.10. The van der Waals surface area contributed by atoms with Gasteiger partial charge in [-0.2, -0.15) is 0 Å². The molecule has 0 saturated carbocycles. The summed E-state index contributed by atoms with van der Waals surface area (Å²) in [6, 6.07) is 12.9. The molecule has 21 heavy (non-hydrogen) atoms. The molecule has 0 atom stereocenters. The van der Waals surface area contributed by atoms with Gasteiger partial charge in [0.1, 0.15) is 0 Å². The number of nitro benzene ring substituents is 1. The summed E-state index contributed by atoms with van der Waals surface area (Å²) in [5.41, 5.74) is 3.12. The highest BCUT2D eigenvalue weighted by atomic mass is 79.9. The minimum Gasteiger partial charge on any atom is -0.380 e. The number of aromatic amines is 1. The van der Waals surface area contributed by atoms with Crippen molar-refractivity contribution in [3.05, 3.63) is 68.8 Å². The van der Waals surface area contributed by atoms with E-state index < -0.39 is 4.92 Å². The van der Waals surface area contributed by atoms with Crippen LogP contribution in [0.2, 0.25) is 0 Å². The first-order chi connectivity index (χ1) is 10.1. The molecule has 0 aliphatic carbocycles. The van der Waals surface area contributed by atoms with Gasteiger partial charge in [0.2, 0.25) is 0 Å². The van der Waals surface area contributed by atoms with Crippen molar-refractivity contribution < 1.29 is 4.92 Å². The number of H-pyrrole nitrogens is 1. The highest BCUT2D eigenvalue weighted by Crippen LogP contribution is 2.27. The first kappa shape index (κ1) is 13.6. The number of nitrogens with zero attached hydrogens (tertiary/aromatic N) is 1. The van der Waals surface area contributed by atoms with E-state index in [1.807, 2.05) is 12.3 Å². The first-order valence-electron chi connectivity index (χ1n) is 6.37. The van der Waals surface area contributed by atoms with Crippen molar-refractivity contribution in [3.8, 4) is 0 Å². The SMILES string of the molecule is O=[N+]([O-])c1ccc(NCc2ccc3cc[nH]c3c2)c(Br)c1. The standard InChI is InChI=1S/C15H12BrN3O2/c16-13-8-12(19(20)21)3-4-14(13)18-9-10-1-2-11-5-6-17-15(11)7-10/h1-8,17-18H,9H2. The molecule has 3 rings (SSSR count). The smallest absolute Gasteiger partial charge is 0.270 e. The molecule has 5 nitrogen and oxygen atoms in total. The first-order valence-corrected chi connectivity index (χ1v) is 7.16. The van der Waals surface area contributed by atoms with Crippen LogP contribution in [0.4, 0.5) is 11.4 Å². The molecule has 2 N–H and O–H groups in total. The van der Waals surface area contributed by atoms with Crippen LogP contribution in [-0.4, -0.2) is 9.91 Å². The Morgan fingerprint density at radius 2 is 2.05 bits per heavy atom. The molecule has 2 aromatic carbocycles. The zero-order valence-corrected chi connectivity index (χ0v) is 12.6. The summed E-state index contributed by atoms with van der Waals surface area (Å²) in [6.07, 6.45) is 1.91. The summed E-state index contributed by atoms with van der Waals surface area (Å²) in [5, 5.41) is 15.1. The van der Waals surface area contributed by atoms with E-state index in [4.69, 9.17) is 0 Å². The fourth-order valence-electron chi connectivity index (χ4n) is 2.16. The molecule has 1 aromatic heterocycles. The van der Waals surface area contributed by atoms with E-state index >= 15 is 0 Å². The minimum atomic E-state index is -0.409. The molecule has 0 bridgehead atoms. The summed E-state index contributed by atoms with van der Waals surface area (Å²) < 4.78 is 0.678. The van der Waals surface area contributed by atoms with Crippen molar-refractivity contribution in [2.75, 3.05) is 5.32 Å². The third kappa shape index (κ3) is 2.90. The Kier molecular flexibility index (Phi) is 3.62. The van der Waals surface area contributed by atoms with Gasteiger partial charge in [0.05, 0.1) is 4.92 Å². The Balaban J connectivity index is 1.76. The fraction of sp³-hybridized carbons (Fsp3) is 0.0667. The topological polar surface area (TPSA) is 71.0 Å². The quantitative estimate of drug-likeness (QED) is 0.542. The number of hydrogen-bond donors (Lipinski definition) is 2. The van der Waals surface area contributed by atoms with Crippen LogP contribution in [0, 0.1) is 10.1 Å². The van der Waals surface area contributed by atoms with Crippen LogP contribution in [0.25, 0.3) is 10.9 Å². The van der Waals surface area contributed by atoms with Crippen molar-refractivity contribution >= 4 is 38.2 Å². The van der Waals surface area contributed by atoms with E-state index in [0.717, 1.165) is 16.8 Å². The molecule has 0 saturated heterocycles. The van der Waals surface area contributed by atoms with Crippen LogP contribution in [-0.2, 0) is 6.54 Å². The Bertz CT molecular complexity index is 814. The van der Waals surface area contributed by atoms with Gasteiger partial charge in [0.15, 0.2) is 0 Å². The molecule has 0 spiro atoms. The number of nitro groups is 1. The largest absolute Gasteiger partial charge is 0.380 e. The van der Waals surface area contributed by atoms with Gasteiger partial charge in [-0.05, 0) is 45.1 Å². The van der Waals surface area contributed by atoms with Gasteiger partial charge in [0.25, 0.3) is 5.69 Å². The molecule has 1 heterocycles.